The fourth-order valence-corrected chi connectivity index (χ4v) is 6.13. The van der Waals surface area contributed by atoms with Gasteiger partial charge in [0.15, 0.2) is 6.10 Å². The fraction of sp³-hybridized carbons (Fsp3) is 0.321. The molecule has 2 aliphatic heterocycles. The van der Waals surface area contributed by atoms with Gasteiger partial charge in [0.05, 0.1) is 31.2 Å². The molecular weight excluding hydrogens is 490 g/mol. The average molecular weight is 522 g/mol. The Morgan fingerprint density at radius 2 is 1.54 bits per heavy atom. The zero-order valence-electron chi connectivity index (χ0n) is 20.6. The molecule has 194 valence electrons. The highest BCUT2D eigenvalue weighted by Gasteiger charge is 2.36. The van der Waals surface area contributed by atoms with E-state index >= 15 is 0 Å². The van der Waals surface area contributed by atoms with Gasteiger partial charge in [-0.15, -0.1) is 0 Å². The Labute approximate surface area is 217 Å². The van der Waals surface area contributed by atoms with E-state index in [1.807, 2.05) is 30.3 Å². The molecule has 1 fully saturated rings. The molecule has 0 bridgehead atoms. The van der Waals surface area contributed by atoms with Gasteiger partial charge in [0.2, 0.25) is 10.0 Å². The van der Waals surface area contributed by atoms with Crippen LogP contribution >= 0.6 is 0 Å². The predicted molar refractivity (Wildman–Crippen MR) is 142 cm³/mol. The number of carbonyl (C=O) groups excluding carboxylic acids is 1. The lowest BCUT2D eigenvalue weighted by atomic mass is 10.1. The van der Waals surface area contributed by atoms with Crippen LogP contribution < -0.4 is 14.4 Å². The number of nitrogens with one attached hydrogen (secondary N) is 1. The Balaban J connectivity index is 1.23. The van der Waals surface area contributed by atoms with Crippen LogP contribution in [0, 0.1) is 0 Å². The average Bonchev–Trinajstić information content (AvgIpc) is 2.93. The van der Waals surface area contributed by atoms with Crippen LogP contribution in [0.1, 0.15) is 16.7 Å². The summed E-state index contributed by atoms with van der Waals surface area (Å²) in [5.74, 6) is -0.141. The zero-order valence-corrected chi connectivity index (χ0v) is 21.4. The number of ether oxygens (including phenoxy) is 2. The van der Waals surface area contributed by atoms with Gasteiger partial charge in [0, 0.05) is 26.2 Å². The summed E-state index contributed by atoms with van der Waals surface area (Å²) >= 11 is 0. The van der Waals surface area contributed by atoms with E-state index in [-0.39, 0.29) is 18.2 Å². The molecular formula is C28H31N3O5S. The maximum Gasteiger partial charge on any atom is 0.263 e. The molecule has 0 saturated carbocycles. The molecule has 37 heavy (non-hydrogen) atoms. The van der Waals surface area contributed by atoms with E-state index in [4.69, 9.17) is 9.47 Å². The summed E-state index contributed by atoms with van der Waals surface area (Å²) in [5, 5.41) is 2.91. The number of carbonyl (C=O) groups is 1. The van der Waals surface area contributed by atoms with Crippen molar-refractivity contribution in [3.05, 3.63) is 95.6 Å². The van der Waals surface area contributed by atoms with Gasteiger partial charge >= 0.3 is 0 Å². The van der Waals surface area contributed by atoms with E-state index in [2.05, 4.69) is 22.3 Å². The molecule has 1 amide bonds. The Hall–Kier alpha value is -3.40. The highest BCUT2D eigenvalue weighted by Crippen LogP contribution is 2.35. The molecule has 0 unspecified atom stereocenters. The molecule has 0 aliphatic carbocycles. The largest absolute Gasteiger partial charge is 0.476 e. The molecule has 1 N–H and O–H groups in total. The van der Waals surface area contributed by atoms with Crippen LogP contribution in [0.2, 0.25) is 0 Å². The second-order valence-corrected chi connectivity index (χ2v) is 11.2. The summed E-state index contributed by atoms with van der Waals surface area (Å²) in [5.41, 5.74) is 3.30. The topological polar surface area (TPSA) is 88.2 Å². The van der Waals surface area contributed by atoms with Crippen molar-refractivity contribution in [2.45, 2.75) is 24.9 Å². The van der Waals surface area contributed by atoms with Crippen molar-refractivity contribution < 1.29 is 22.7 Å². The van der Waals surface area contributed by atoms with Crippen molar-refractivity contribution in [1.29, 1.82) is 0 Å². The standard InChI is InChI=1S/C28H31N3O5S/c32-28(29-18-22-10-12-23(13-11-22)19-30-14-16-35-17-15-30)27-20-31(25-8-4-5-9-26(25)36-27)37(33,34)21-24-6-2-1-3-7-24/h1-13,27H,14-21H2,(H,29,32)/t27-/m1/s1. The predicted octanol–water partition coefficient (Wildman–Crippen LogP) is 2.93. The van der Waals surface area contributed by atoms with E-state index in [1.54, 1.807) is 36.4 Å². The third kappa shape index (κ3) is 6.30. The number of amides is 1. The minimum Gasteiger partial charge on any atom is -0.476 e. The first-order valence-corrected chi connectivity index (χ1v) is 14.0. The summed E-state index contributed by atoms with van der Waals surface area (Å²) in [6, 6.07) is 24.1. The quantitative estimate of drug-likeness (QED) is 0.491. The van der Waals surface area contributed by atoms with Crippen molar-refractivity contribution in [2.24, 2.45) is 0 Å². The molecule has 0 aromatic heterocycles. The summed E-state index contributed by atoms with van der Waals surface area (Å²) in [6.45, 7) is 4.51. The number of hydrogen-bond acceptors (Lipinski definition) is 6. The number of fused-ring (bicyclic) bond motifs is 1. The Kier molecular flexibility index (Phi) is 7.73. The number of para-hydroxylation sites is 2. The highest BCUT2D eigenvalue weighted by molar-refractivity contribution is 7.92. The third-order valence-corrected chi connectivity index (χ3v) is 8.27. The monoisotopic (exact) mass is 521 g/mol. The van der Waals surface area contributed by atoms with Gasteiger partial charge in [-0.1, -0.05) is 66.7 Å². The normalized spacial score (nSPS) is 18.1. The molecule has 5 rings (SSSR count). The first kappa shape index (κ1) is 25.3. The zero-order chi connectivity index (χ0) is 25.7. The molecule has 1 saturated heterocycles. The van der Waals surface area contributed by atoms with Crippen molar-refractivity contribution in [3.63, 3.8) is 0 Å². The molecule has 0 radical (unpaired) electrons. The maximum atomic E-state index is 13.4. The van der Waals surface area contributed by atoms with Gasteiger partial charge in [-0.25, -0.2) is 8.42 Å². The summed E-state index contributed by atoms with van der Waals surface area (Å²) in [6.07, 6.45) is -0.957. The molecule has 3 aromatic rings. The maximum absolute atomic E-state index is 13.4. The second kappa shape index (κ2) is 11.3. The van der Waals surface area contributed by atoms with Gasteiger partial charge in [-0.2, -0.15) is 0 Å². The van der Waals surface area contributed by atoms with Crippen LogP contribution in [-0.4, -0.2) is 58.2 Å². The van der Waals surface area contributed by atoms with E-state index in [1.165, 1.54) is 9.87 Å². The van der Waals surface area contributed by atoms with Gasteiger partial charge in [-0.3, -0.25) is 14.0 Å². The smallest absolute Gasteiger partial charge is 0.263 e. The lowest BCUT2D eigenvalue weighted by Gasteiger charge is -2.34. The molecule has 0 spiro atoms. The minimum absolute atomic E-state index is 0.0868. The van der Waals surface area contributed by atoms with E-state index in [9.17, 15) is 13.2 Å². The summed E-state index contributed by atoms with van der Waals surface area (Å²) in [7, 11) is -3.74. The molecule has 2 heterocycles. The van der Waals surface area contributed by atoms with Gasteiger partial charge in [0.1, 0.15) is 5.75 Å². The molecule has 2 aliphatic rings. The summed E-state index contributed by atoms with van der Waals surface area (Å²) in [4.78, 5) is 15.4. The van der Waals surface area contributed by atoms with Gasteiger partial charge in [-0.05, 0) is 28.8 Å². The number of anilines is 1. The van der Waals surface area contributed by atoms with Crippen LogP contribution in [0.15, 0.2) is 78.9 Å². The van der Waals surface area contributed by atoms with Crippen molar-refractivity contribution in [2.75, 3.05) is 37.2 Å². The number of sulfonamides is 1. The summed E-state index contributed by atoms with van der Waals surface area (Å²) < 4.78 is 39.4. The van der Waals surface area contributed by atoms with Crippen LogP contribution in [0.3, 0.4) is 0 Å². The fourth-order valence-electron chi connectivity index (χ4n) is 4.55. The minimum atomic E-state index is -3.74. The molecule has 1 atom stereocenters. The third-order valence-electron chi connectivity index (χ3n) is 6.55. The van der Waals surface area contributed by atoms with E-state index in [0.29, 0.717) is 23.5 Å². The Bertz CT molecular complexity index is 1310. The SMILES string of the molecule is O=C(NCc1ccc(CN2CCOCC2)cc1)[C@H]1CN(S(=O)(=O)Cc2ccccc2)c2ccccc2O1. The van der Waals surface area contributed by atoms with Gasteiger partial charge < -0.3 is 14.8 Å². The van der Waals surface area contributed by atoms with Gasteiger partial charge in [0.25, 0.3) is 5.91 Å². The van der Waals surface area contributed by atoms with Crippen molar-refractivity contribution in [3.8, 4) is 5.75 Å². The Morgan fingerprint density at radius 1 is 0.865 bits per heavy atom. The molecule has 8 nitrogen and oxygen atoms in total. The highest BCUT2D eigenvalue weighted by atomic mass is 32.2. The van der Waals surface area contributed by atoms with Crippen molar-refractivity contribution in [1.82, 2.24) is 10.2 Å². The lowest BCUT2D eigenvalue weighted by Crippen LogP contribution is -2.50. The van der Waals surface area contributed by atoms with Crippen LogP contribution in [0.4, 0.5) is 5.69 Å². The van der Waals surface area contributed by atoms with Crippen molar-refractivity contribution >= 4 is 21.6 Å². The number of rotatable bonds is 8. The van der Waals surface area contributed by atoms with Crippen LogP contribution in [0.5, 0.6) is 5.75 Å². The first-order valence-electron chi connectivity index (χ1n) is 12.4. The first-order chi connectivity index (χ1) is 18.0. The Morgan fingerprint density at radius 3 is 2.30 bits per heavy atom. The number of nitrogens with zero attached hydrogens (tertiary/aromatic N) is 2. The molecule has 3 aromatic carbocycles. The van der Waals surface area contributed by atoms with E-state index in [0.717, 1.165) is 38.4 Å². The van der Waals surface area contributed by atoms with E-state index < -0.39 is 16.1 Å². The number of hydrogen-bond donors (Lipinski definition) is 1. The number of morpholine rings is 1. The lowest BCUT2D eigenvalue weighted by molar-refractivity contribution is -0.127. The molecule has 9 heteroatoms. The second-order valence-electron chi connectivity index (χ2n) is 9.27. The number of benzene rings is 3. The van der Waals surface area contributed by atoms with Crippen LogP contribution in [0.25, 0.3) is 0 Å². The van der Waals surface area contributed by atoms with Crippen LogP contribution in [-0.2, 0) is 38.4 Å².